The second kappa shape index (κ2) is 16.0. The SMILES string of the molecule is CCCCCC1=C(c2cccc(CCCC)c2)[N+](=[N-])C(c2cccc(CCCC)c2)=C1CCCC.[Ni]. The van der Waals surface area contributed by atoms with Gasteiger partial charge in [-0.1, -0.05) is 84.1 Å². The molecule has 2 aromatic carbocycles. The first-order chi connectivity index (χ1) is 17.1. The van der Waals surface area contributed by atoms with Crippen molar-refractivity contribution in [2.24, 2.45) is 0 Å². The maximum absolute atomic E-state index is 11.8. The van der Waals surface area contributed by atoms with Crippen LogP contribution >= 0.6 is 0 Å². The van der Waals surface area contributed by atoms with E-state index < -0.39 is 0 Å². The van der Waals surface area contributed by atoms with Crippen molar-refractivity contribution in [2.75, 3.05) is 0 Å². The number of unbranched alkanes of at least 4 members (excludes halogenated alkanes) is 5. The minimum absolute atomic E-state index is 0. The zero-order valence-corrected chi connectivity index (χ0v) is 24.0. The van der Waals surface area contributed by atoms with Crippen LogP contribution in [-0.4, -0.2) is 4.70 Å². The van der Waals surface area contributed by atoms with E-state index in [2.05, 4.69) is 76.2 Å². The second-order valence-corrected chi connectivity index (χ2v) is 10.1. The molecular weight excluding hydrogens is 483 g/mol. The molecule has 0 spiro atoms. The Kier molecular flexibility index (Phi) is 13.4. The van der Waals surface area contributed by atoms with E-state index in [1.165, 1.54) is 60.8 Å². The van der Waals surface area contributed by atoms with Gasteiger partial charge in [-0.15, -0.1) is 0 Å². The summed E-state index contributed by atoms with van der Waals surface area (Å²) < 4.78 is 1.55. The smallest absolute Gasteiger partial charge is 0.211 e. The van der Waals surface area contributed by atoms with Crippen LogP contribution in [0.3, 0.4) is 0 Å². The van der Waals surface area contributed by atoms with Gasteiger partial charge in [-0.05, 0) is 86.8 Å². The maximum atomic E-state index is 11.8. The molecule has 0 bridgehead atoms. The third kappa shape index (κ3) is 7.75. The number of nitrogens with zero attached hydrogens (tertiary/aromatic N) is 2. The van der Waals surface area contributed by atoms with E-state index in [-0.39, 0.29) is 16.5 Å². The Labute approximate surface area is 230 Å². The van der Waals surface area contributed by atoms with Gasteiger partial charge in [-0.2, -0.15) is 0 Å². The molecule has 3 heteroatoms. The minimum atomic E-state index is 0. The third-order valence-electron chi connectivity index (χ3n) is 7.21. The summed E-state index contributed by atoms with van der Waals surface area (Å²) in [5, 5.41) is 0. The number of allylic oxidation sites excluding steroid dienone is 2. The van der Waals surface area contributed by atoms with Crippen LogP contribution in [0.5, 0.6) is 0 Å². The van der Waals surface area contributed by atoms with Gasteiger partial charge in [0.1, 0.15) is 0 Å². The first-order valence-electron chi connectivity index (χ1n) is 14.3. The van der Waals surface area contributed by atoms with Crippen molar-refractivity contribution in [3.63, 3.8) is 0 Å². The Balaban J connectivity index is 0.00000456. The molecule has 0 fully saturated rings. The Morgan fingerprint density at radius 3 is 1.42 bits per heavy atom. The molecule has 0 amide bonds. The molecule has 0 unspecified atom stereocenters. The van der Waals surface area contributed by atoms with Gasteiger partial charge in [-0.3, -0.25) is 0 Å². The molecule has 0 N–H and O–H groups in total. The van der Waals surface area contributed by atoms with Gasteiger partial charge in [0.2, 0.25) is 11.4 Å². The van der Waals surface area contributed by atoms with Crippen molar-refractivity contribution in [2.45, 2.75) is 111 Å². The first kappa shape index (κ1) is 30.2. The Morgan fingerprint density at radius 1 is 0.556 bits per heavy atom. The van der Waals surface area contributed by atoms with E-state index >= 15 is 0 Å². The van der Waals surface area contributed by atoms with Crippen LogP contribution in [-0.2, 0) is 29.3 Å². The van der Waals surface area contributed by atoms with Crippen molar-refractivity contribution in [1.82, 2.24) is 0 Å². The normalized spacial score (nSPS) is 13.5. The minimum Gasteiger partial charge on any atom is -0.493 e. The fourth-order valence-electron chi connectivity index (χ4n) is 5.20. The fraction of sp³-hybridized carbons (Fsp3) is 0.515. The number of aryl methyl sites for hydroxylation is 2. The van der Waals surface area contributed by atoms with Gasteiger partial charge in [0.05, 0.1) is 0 Å². The number of hydrogen-bond acceptors (Lipinski definition) is 0. The standard InChI is InChI=1S/C33H46N2.Ni/c1-5-9-13-23-31-30(22-12-8-4)32(28-20-14-18-26(24-28)16-10-6-2)35(34)33(31)29-21-15-19-27(25-29)17-11-7-3;/h14-15,18-21,24-25H,5-13,16-17,22-23H2,1-4H3;. The average Bonchev–Trinajstić information content (AvgIpc) is 3.16. The summed E-state index contributed by atoms with van der Waals surface area (Å²) in [7, 11) is 0. The third-order valence-corrected chi connectivity index (χ3v) is 7.21. The second-order valence-electron chi connectivity index (χ2n) is 10.1. The fourth-order valence-corrected chi connectivity index (χ4v) is 5.20. The molecule has 2 aromatic rings. The number of rotatable bonds is 15. The molecule has 2 nitrogen and oxygen atoms in total. The van der Waals surface area contributed by atoms with Gasteiger partial charge in [0, 0.05) is 38.8 Å². The summed E-state index contributed by atoms with van der Waals surface area (Å²) in [6.07, 6.45) is 14.9. The number of hydrogen-bond donors (Lipinski definition) is 0. The molecule has 1 heterocycles. The predicted octanol–water partition coefficient (Wildman–Crippen LogP) is 10.3. The van der Waals surface area contributed by atoms with E-state index in [1.54, 1.807) is 4.70 Å². The van der Waals surface area contributed by atoms with Crippen molar-refractivity contribution in [3.8, 4) is 0 Å². The van der Waals surface area contributed by atoms with Crippen LogP contribution in [0, 0.1) is 0 Å². The molecule has 0 aliphatic carbocycles. The van der Waals surface area contributed by atoms with E-state index in [0.29, 0.717) is 0 Å². The molecule has 0 saturated carbocycles. The molecule has 36 heavy (non-hydrogen) atoms. The molecule has 0 radical (unpaired) electrons. The Bertz CT molecular complexity index is 1050. The molecule has 0 aromatic heterocycles. The molecule has 0 saturated heterocycles. The van der Waals surface area contributed by atoms with Crippen LogP contribution in [0.15, 0.2) is 59.7 Å². The quantitative estimate of drug-likeness (QED) is 0.125. The van der Waals surface area contributed by atoms with Crippen molar-refractivity contribution >= 4 is 11.4 Å². The summed E-state index contributed by atoms with van der Waals surface area (Å²) >= 11 is 0. The Morgan fingerprint density at radius 2 is 0.972 bits per heavy atom. The summed E-state index contributed by atoms with van der Waals surface area (Å²) in [6, 6.07) is 17.8. The summed E-state index contributed by atoms with van der Waals surface area (Å²) in [5.74, 6) is 0. The first-order valence-corrected chi connectivity index (χ1v) is 14.3. The molecule has 1 aliphatic heterocycles. The van der Waals surface area contributed by atoms with E-state index in [9.17, 15) is 5.53 Å². The number of benzene rings is 2. The summed E-state index contributed by atoms with van der Waals surface area (Å²) in [5.41, 5.74) is 21.6. The summed E-state index contributed by atoms with van der Waals surface area (Å²) in [6.45, 7) is 9.01. The van der Waals surface area contributed by atoms with Crippen LogP contribution in [0.1, 0.15) is 121 Å². The maximum Gasteiger partial charge on any atom is 0.211 e. The molecular formula is C33H46N2Ni. The van der Waals surface area contributed by atoms with Gasteiger partial charge >= 0.3 is 0 Å². The van der Waals surface area contributed by atoms with Crippen molar-refractivity contribution < 1.29 is 21.2 Å². The Hall–Kier alpha value is -1.99. The zero-order chi connectivity index (χ0) is 25.0. The topological polar surface area (TPSA) is 25.3 Å². The van der Waals surface area contributed by atoms with Crippen LogP contribution < -0.4 is 0 Å². The average molecular weight is 529 g/mol. The van der Waals surface area contributed by atoms with Gasteiger partial charge < -0.3 is 5.53 Å². The van der Waals surface area contributed by atoms with Crippen LogP contribution in [0.2, 0.25) is 0 Å². The predicted molar refractivity (Wildman–Crippen MR) is 151 cm³/mol. The van der Waals surface area contributed by atoms with Crippen LogP contribution in [0.25, 0.3) is 16.9 Å². The monoisotopic (exact) mass is 528 g/mol. The van der Waals surface area contributed by atoms with Gasteiger partial charge in [0.15, 0.2) is 0 Å². The van der Waals surface area contributed by atoms with E-state index in [0.717, 1.165) is 67.5 Å². The van der Waals surface area contributed by atoms with Crippen molar-refractivity contribution in [3.05, 3.63) is 87.5 Å². The van der Waals surface area contributed by atoms with Crippen molar-refractivity contribution in [1.29, 1.82) is 0 Å². The van der Waals surface area contributed by atoms with Crippen LogP contribution in [0.4, 0.5) is 0 Å². The molecule has 198 valence electrons. The summed E-state index contributed by atoms with van der Waals surface area (Å²) in [4.78, 5) is 0. The van der Waals surface area contributed by atoms with Gasteiger partial charge in [-0.25, -0.2) is 4.70 Å². The van der Waals surface area contributed by atoms with E-state index in [1.807, 2.05) is 0 Å². The largest absolute Gasteiger partial charge is 0.493 e. The molecule has 0 atom stereocenters. The zero-order valence-electron chi connectivity index (χ0n) is 23.0. The van der Waals surface area contributed by atoms with E-state index in [4.69, 9.17) is 0 Å². The molecule has 1 aliphatic rings. The molecule has 3 rings (SSSR count). The van der Waals surface area contributed by atoms with Gasteiger partial charge in [0.25, 0.3) is 0 Å².